The summed E-state index contributed by atoms with van der Waals surface area (Å²) in [5.41, 5.74) is 1.78. The van der Waals surface area contributed by atoms with Gasteiger partial charge in [-0.15, -0.1) is 0 Å². The lowest BCUT2D eigenvalue weighted by atomic mass is 10.0. The van der Waals surface area contributed by atoms with E-state index in [4.69, 9.17) is 39.5 Å². The van der Waals surface area contributed by atoms with Gasteiger partial charge in [-0.05, 0) is 48.4 Å². The molecule has 1 unspecified atom stereocenters. The Hall–Kier alpha value is -2.73. The minimum Gasteiger partial charge on any atom is -0.482 e. The SMILES string of the molecule is CCNC(=O)C(Cc1ccccc1)N(Cc1ccc(Cl)cc1)C(=O)COc1ccc(Cl)cc1Cl. The molecule has 0 bridgehead atoms. The van der Waals surface area contributed by atoms with E-state index in [0.29, 0.717) is 33.8 Å². The summed E-state index contributed by atoms with van der Waals surface area (Å²) in [4.78, 5) is 28.1. The first kappa shape index (κ1) is 25.9. The van der Waals surface area contributed by atoms with Crippen LogP contribution >= 0.6 is 34.8 Å². The Kier molecular flexibility index (Phi) is 9.63. The number of hydrogen-bond donors (Lipinski definition) is 1. The van der Waals surface area contributed by atoms with Gasteiger partial charge in [0, 0.05) is 29.6 Å². The summed E-state index contributed by atoms with van der Waals surface area (Å²) >= 11 is 18.2. The molecule has 178 valence electrons. The van der Waals surface area contributed by atoms with E-state index < -0.39 is 6.04 Å². The second-order valence-corrected chi connectivity index (χ2v) is 8.89. The van der Waals surface area contributed by atoms with Gasteiger partial charge in [-0.1, -0.05) is 77.3 Å². The number of halogens is 3. The van der Waals surface area contributed by atoms with E-state index in [1.807, 2.05) is 49.4 Å². The zero-order valence-corrected chi connectivity index (χ0v) is 20.9. The maximum absolute atomic E-state index is 13.4. The quantitative estimate of drug-likeness (QED) is 0.368. The van der Waals surface area contributed by atoms with Crippen molar-refractivity contribution in [1.29, 1.82) is 0 Å². The Labute approximate surface area is 214 Å². The van der Waals surface area contributed by atoms with Crippen molar-refractivity contribution in [2.24, 2.45) is 0 Å². The van der Waals surface area contributed by atoms with E-state index in [2.05, 4.69) is 5.32 Å². The van der Waals surface area contributed by atoms with Crippen LogP contribution in [0.5, 0.6) is 5.75 Å². The normalized spacial score (nSPS) is 11.5. The Morgan fingerprint density at radius 1 is 0.912 bits per heavy atom. The van der Waals surface area contributed by atoms with Crippen molar-refractivity contribution in [3.63, 3.8) is 0 Å². The zero-order chi connectivity index (χ0) is 24.5. The summed E-state index contributed by atoms with van der Waals surface area (Å²) in [7, 11) is 0. The highest BCUT2D eigenvalue weighted by Gasteiger charge is 2.30. The predicted octanol–water partition coefficient (Wildman–Crippen LogP) is 5.80. The largest absolute Gasteiger partial charge is 0.482 e. The Morgan fingerprint density at radius 2 is 1.59 bits per heavy atom. The van der Waals surface area contributed by atoms with Crippen LogP contribution in [0.4, 0.5) is 0 Å². The fourth-order valence-corrected chi connectivity index (χ4v) is 4.04. The minimum absolute atomic E-state index is 0.211. The average molecular weight is 520 g/mol. The molecule has 5 nitrogen and oxygen atoms in total. The first-order valence-electron chi connectivity index (χ1n) is 10.8. The van der Waals surface area contributed by atoms with E-state index in [-0.39, 0.29) is 25.0 Å². The lowest BCUT2D eigenvalue weighted by molar-refractivity contribution is -0.142. The maximum Gasteiger partial charge on any atom is 0.261 e. The molecule has 8 heteroatoms. The number of nitrogens with one attached hydrogen (secondary N) is 1. The van der Waals surface area contributed by atoms with Gasteiger partial charge in [0.2, 0.25) is 5.91 Å². The number of carbonyl (C=O) groups is 2. The van der Waals surface area contributed by atoms with Crippen molar-refractivity contribution < 1.29 is 14.3 Å². The van der Waals surface area contributed by atoms with Gasteiger partial charge in [-0.2, -0.15) is 0 Å². The molecule has 2 amide bonds. The average Bonchev–Trinajstić information content (AvgIpc) is 2.82. The number of nitrogens with zero attached hydrogens (tertiary/aromatic N) is 1. The summed E-state index contributed by atoms with van der Waals surface area (Å²) in [6, 6.07) is 20.8. The van der Waals surface area contributed by atoms with Crippen LogP contribution in [0, 0.1) is 0 Å². The number of benzene rings is 3. The summed E-state index contributed by atoms with van der Waals surface area (Å²) in [6.45, 7) is 2.21. The Bertz CT molecular complexity index is 1110. The number of likely N-dealkylation sites (N-methyl/N-ethyl adjacent to an activating group) is 1. The molecule has 0 saturated carbocycles. The Balaban J connectivity index is 1.89. The number of hydrogen-bond acceptors (Lipinski definition) is 3. The van der Waals surface area contributed by atoms with Crippen molar-refractivity contribution >= 4 is 46.6 Å². The molecular weight excluding hydrogens is 495 g/mol. The van der Waals surface area contributed by atoms with Crippen LogP contribution in [0.2, 0.25) is 15.1 Å². The minimum atomic E-state index is -0.741. The molecule has 0 aliphatic heterocycles. The first-order valence-corrected chi connectivity index (χ1v) is 11.9. The van der Waals surface area contributed by atoms with E-state index in [9.17, 15) is 9.59 Å². The first-order chi connectivity index (χ1) is 16.4. The molecule has 34 heavy (non-hydrogen) atoms. The number of rotatable bonds is 10. The lowest BCUT2D eigenvalue weighted by Crippen LogP contribution is -2.51. The summed E-state index contributed by atoms with van der Waals surface area (Å²) in [6.07, 6.45) is 0.355. The third-order valence-corrected chi connectivity index (χ3v) is 5.92. The second kappa shape index (κ2) is 12.7. The summed E-state index contributed by atoms with van der Waals surface area (Å²) in [5.74, 6) is -0.255. The third-order valence-electron chi connectivity index (χ3n) is 5.13. The summed E-state index contributed by atoms with van der Waals surface area (Å²) in [5, 5.41) is 4.21. The molecule has 0 fully saturated rings. The molecule has 0 aliphatic rings. The monoisotopic (exact) mass is 518 g/mol. The van der Waals surface area contributed by atoms with Gasteiger partial charge in [0.05, 0.1) is 5.02 Å². The van der Waals surface area contributed by atoms with Crippen LogP contribution in [0.15, 0.2) is 72.8 Å². The number of carbonyl (C=O) groups excluding carboxylic acids is 2. The van der Waals surface area contributed by atoms with E-state index in [0.717, 1.165) is 11.1 Å². The molecule has 1 N–H and O–H groups in total. The van der Waals surface area contributed by atoms with Crippen LogP contribution in [0.1, 0.15) is 18.1 Å². The van der Waals surface area contributed by atoms with Crippen LogP contribution in [-0.2, 0) is 22.6 Å². The van der Waals surface area contributed by atoms with Gasteiger partial charge in [-0.25, -0.2) is 0 Å². The van der Waals surface area contributed by atoms with Gasteiger partial charge in [0.1, 0.15) is 11.8 Å². The van der Waals surface area contributed by atoms with Gasteiger partial charge < -0.3 is 15.0 Å². The smallest absolute Gasteiger partial charge is 0.261 e. The number of ether oxygens (including phenoxy) is 1. The van der Waals surface area contributed by atoms with Gasteiger partial charge in [0.25, 0.3) is 5.91 Å². The van der Waals surface area contributed by atoms with Gasteiger partial charge >= 0.3 is 0 Å². The molecule has 0 saturated heterocycles. The standard InChI is InChI=1S/C26H25Cl3N2O3/c1-2-30-26(33)23(14-18-6-4-3-5-7-18)31(16-19-8-10-20(27)11-9-19)25(32)17-34-24-13-12-21(28)15-22(24)29/h3-13,15,23H,2,14,16-17H2,1H3,(H,30,33). The molecule has 3 aromatic carbocycles. The van der Waals surface area contributed by atoms with Crippen molar-refractivity contribution in [2.75, 3.05) is 13.2 Å². The highest BCUT2D eigenvalue weighted by atomic mass is 35.5. The van der Waals surface area contributed by atoms with Crippen molar-refractivity contribution in [2.45, 2.75) is 25.9 Å². The summed E-state index contributed by atoms with van der Waals surface area (Å²) < 4.78 is 5.70. The predicted molar refractivity (Wildman–Crippen MR) is 137 cm³/mol. The van der Waals surface area contributed by atoms with Gasteiger partial charge in [-0.3, -0.25) is 9.59 Å². The zero-order valence-electron chi connectivity index (χ0n) is 18.6. The fraction of sp³-hybridized carbons (Fsp3) is 0.231. The molecule has 0 radical (unpaired) electrons. The third kappa shape index (κ3) is 7.39. The van der Waals surface area contributed by atoms with Crippen LogP contribution in [0.3, 0.4) is 0 Å². The highest BCUT2D eigenvalue weighted by molar-refractivity contribution is 6.35. The number of amides is 2. The van der Waals surface area contributed by atoms with Crippen molar-refractivity contribution in [1.82, 2.24) is 10.2 Å². The van der Waals surface area contributed by atoms with E-state index in [1.165, 1.54) is 4.90 Å². The fourth-order valence-electron chi connectivity index (χ4n) is 3.45. The molecule has 0 spiro atoms. The Morgan fingerprint density at radius 3 is 2.24 bits per heavy atom. The highest BCUT2D eigenvalue weighted by Crippen LogP contribution is 2.27. The van der Waals surface area contributed by atoms with Crippen molar-refractivity contribution in [3.05, 3.63) is 99.0 Å². The molecule has 0 aromatic heterocycles. The molecule has 1 atom stereocenters. The maximum atomic E-state index is 13.4. The molecule has 0 aliphatic carbocycles. The van der Waals surface area contributed by atoms with Crippen LogP contribution in [0.25, 0.3) is 0 Å². The van der Waals surface area contributed by atoms with Crippen LogP contribution in [-0.4, -0.2) is 35.9 Å². The van der Waals surface area contributed by atoms with Crippen molar-refractivity contribution in [3.8, 4) is 5.75 Å². The molecule has 3 rings (SSSR count). The van der Waals surface area contributed by atoms with Gasteiger partial charge in [0.15, 0.2) is 6.61 Å². The molecular formula is C26H25Cl3N2O3. The van der Waals surface area contributed by atoms with Crippen LogP contribution < -0.4 is 10.1 Å². The topological polar surface area (TPSA) is 58.6 Å². The van der Waals surface area contributed by atoms with E-state index >= 15 is 0 Å². The molecule has 0 heterocycles. The van der Waals surface area contributed by atoms with E-state index in [1.54, 1.807) is 30.3 Å². The lowest BCUT2D eigenvalue weighted by Gasteiger charge is -2.31. The second-order valence-electron chi connectivity index (χ2n) is 7.61. The molecule has 3 aromatic rings.